The molecule has 184 valence electrons. The number of hydrogen-bond acceptors (Lipinski definition) is 9. The highest BCUT2D eigenvalue weighted by Crippen LogP contribution is 2.35. The molecule has 0 aliphatic heterocycles. The van der Waals surface area contributed by atoms with Crippen molar-refractivity contribution in [3.05, 3.63) is 78.4 Å². The second-order valence-corrected chi connectivity index (χ2v) is 10.5. The molecule has 0 bridgehead atoms. The first-order valence-corrected chi connectivity index (χ1v) is 13.1. The summed E-state index contributed by atoms with van der Waals surface area (Å²) in [6.45, 7) is 1.87. The lowest BCUT2D eigenvalue weighted by molar-refractivity contribution is 0.480. The fraction of sp³-hybridized carbons (Fsp3) is 0.0435. The first-order valence-electron chi connectivity index (χ1n) is 10.2. The van der Waals surface area contributed by atoms with Gasteiger partial charge in [-0.25, -0.2) is 0 Å². The molecular formula is C23H19N5O6S2. The Morgan fingerprint density at radius 2 is 1.22 bits per heavy atom. The van der Waals surface area contributed by atoms with Gasteiger partial charge in [-0.3, -0.25) is 9.11 Å². The number of nitrogens with zero attached hydrogens (tertiary/aromatic N) is 4. The number of nitrogen functional groups attached to an aromatic ring is 1. The molecule has 0 aliphatic carbocycles. The van der Waals surface area contributed by atoms with Crippen LogP contribution in [0.15, 0.2) is 103 Å². The largest absolute Gasteiger partial charge is 0.399 e. The van der Waals surface area contributed by atoms with Gasteiger partial charge in [0.05, 0.1) is 22.0 Å². The molecule has 0 amide bonds. The van der Waals surface area contributed by atoms with Crippen molar-refractivity contribution in [2.24, 2.45) is 20.5 Å². The average Bonchev–Trinajstić information content (AvgIpc) is 2.80. The van der Waals surface area contributed by atoms with Crippen LogP contribution < -0.4 is 5.73 Å². The van der Waals surface area contributed by atoms with Gasteiger partial charge in [0, 0.05) is 11.1 Å². The van der Waals surface area contributed by atoms with E-state index < -0.39 is 30.0 Å². The van der Waals surface area contributed by atoms with Gasteiger partial charge in [0.2, 0.25) is 0 Å². The molecule has 0 spiro atoms. The van der Waals surface area contributed by atoms with Crippen LogP contribution in [-0.4, -0.2) is 25.9 Å². The lowest BCUT2D eigenvalue weighted by Crippen LogP contribution is -2.02. The van der Waals surface area contributed by atoms with Crippen molar-refractivity contribution in [3.8, 4) is 0 Å². The van der Waals surface area contributed by atoms with E-state index in [0.717, 1.165) is 17.7 Å². The number of rotatable bonds is 6. The summed E-state index contributed by atoms with van der Waals surface area (Å²) in [6.07, 6.45) is 0. The zero-order valence-electron chi connectivity index (χ0n) is 18.6. The molecule has 0 saturated heterocycles. The number of aryl methyl sites for hydroxylation is 1. The monoisotopic (exact) mass is 525 g/mol. The fourth-order valence-corrected chi connectivity index (χ4v) is 4.70. The Labute approximate surface area is 206 Å². The van der Waals surface area contributed by atoms with E-state index in [9.17, 15) is 25.9 Å². The molecule has 4 rings (SSSR count). The molecule has 0 unspecified atom stereocenters. The number of nitrogens with two attached hydrogens (primary N) is 1. The molecule has 0 radical (unpaired) electrons. The van der Waals surface area contributed by atoms with E-state index in [4.69, 9.17) is 5.73 Å². The average molecular weight is 526 g/mol. The molecule has 4 aromatic carbocycles. The quantitative estimate of drug-likeness (QED) is 0.155. The van der Waals surface area contributed by atoms with Gasteiger partial charge in [-0.2, -0.15) is 32.2 Å². The van der Waals surface area contributed by atoms with Crippen molar-refractivity contribution in [2.75, 3.05) is 5.73 Å². The van der Waals surface area contributed by atoms with E-state index in [2.05, 4.69) is 20.5 Å². The van der Waals surface area contributed by atoms with Gasteiger partial charge >= 0.3 is 0 Å². The van der Waals surface area contributed by atoms with Gasteiger partial charge in [-0.05, 0) is 78.5 Å². The minimum absolute atomic E-state index is 0.141. The molecule has 0 saturated carbocycles. The number of hydrogen-bond donors (Lipinski definition) is 3. The Morgan fingerprint density at radius 3 is 1.78 bits per heavy atom. The molecule has 0 aliphatic rings. The fourth-order valence-electron chi connectivity index (χ4n) is 3.37. The Kier molecular flexibility index (Phi) is 6.65. The second-order valence-electron chi connectivity index (χ2n) is 7.71. The van der Waals surface area contributed by atoms with Crippen molar-refractivity contribution in [3.63, 3.8) is 0 Å². The highest BCUT2D eigenvalue weighted by Gasteiger charge is 2.22. The third-order valence-electron chi connectivity index (χ3n) is 5.10. The van der Waals surface area contributed by atoms with E-state index in [1.807, 2.05) is 6.92 Å². The summed E-state index contributed by atoms with van der Waals surface area (Å²) in [5.41, 5.74) is 8.57. The lowest BCUT2D eigenvalue weighted by Gasteiger charge is -2.08. The first-order chi connectivity index (χ1) is 16.9. The summed E-state index contributed by atoms with van der Waals surface area (Å²) in [5.74, 6) is 0. The van der Waals surface area contributed by atoms with E-state index >= 15 is 0 Å². The molecule has 11 nitrogen and oxygen atoms in total. The SMILES string of the molecule is Cc1cc(N)ccc1/N=N/c1ccc(/N=N/c2ccc3ccc(S(=O)(=O)O)cc3c2S(=O)(=O)O)cc1. The lowest BCUT2D eigenvalue weighted by atomic mass is 10.1. The van der Waals surface area contributed by atoms with Gasteiger partial charge in [0.1, 0.15) is 10.6 Å². The van der Waals surface area contributed by atoms with Crippen molar-refractivity contribution in [2.45, 2.75) is 16.7 Å². The first kappa shape index (κ1) is 25.1. The smallest absolute Gasteiger partial charge is 0.297 e. The molecule has 4 aromatic rings. The number of fused-ring (bicyclic) bond motifs is 1. The van der Waals surface area contributed by atoms with Crippen LogP contribution in [0, 0.1) is 6.92 Å². The topological polar surface area (TPSA) is 184 Å². The summed E-state index contributed by atoms with van der Waals surface area (Å²) in [5, 5.41) is 16.5. The van der Waals surface area contributed by atoms with Crippen LogP contribution in [0.4, 0.5) is 28.4 Å². The summed E-state index contributed by atoms with van der Waals surface area (Å²) in [7, 11) is -9.45. The predicted octanol–water partition coefficient (Wildman–Crippen LogP) is 6.05. The van der Waals surface area contributed by atoms with Gasteiger partial charge in [-0.1, -0.05) is 12.1 Å². The van der Waals surface area contributed by atoms with Gasteiger partial charge in [-0.15, -0.1) is 5.11 Å². The second kappa shape index (κ2) is 9.54. The van der Waals surface area contributed by atoms with E-state index in [1.54, 1.807) is 42.5 Å². The van der Waals surface area contributed by atoms with Gasteiger partial charge in [0.15, 0.2) is 0 Å². The number of benzene rings is 4. The summed E-state index contributed by atoms with van der Waals surface area (Å²) >= 11 is 0. The number of azo groups is 2. The highest BCUT2D eigenvalue weighted by molar-refractivity contribution is 7.86. The van der Waals surface area contributed by atoms with Crippen molar-refractivity contribution >= 4 is 59.4 Å². The van der Waals surface area contributed by atoms with Crippen LogP contribution >= 0.6 is 0 Å². The molecule has 0 atom stereocenters. The minimum atomic E-state index is -4.84. The van der Waals surface area contributed by atoms with Crippen LogP contribution in [0.1, 0.15) is 5.56 Å². The molecule has 4 N–H and O–H groups in total. The maximum absolute atomic E-state index is 12.1. The van der Waals surface area contributed by atoms with Gasteiger partial charge in [0.25, 0.3) is 20.2 Å². The number of anilines is 1. The normalized spacial score (nSPS) is 12.6. The Morgan fingerprint density at radius 1 is 0.667 bits per heavy atom. The Balaban J connectivity index is 1.66. The summed E-state index contributed by atoms with van der Waals surface area (Å²) < 4.78 is 66.4. The van der Waals surface area contributed by atoms with E-state index in [-0.39, 0.29) is 11.1 Å². The summed E-state index contributed by atoms with van der Waals surface area (Å²) in [4.78, 5) is -1.17. The molecule has 0 fully saturated rings. The third kappa shape index (κ3) is 5.60. The minimum Gasteiger partial charge on any atom is -0.399 e. The molecule has 36 heavy (non-hydrogen) atoms. The summed E-state index contributed by atoms with van der Waals surface area (Å²) in [6, 6.07) is 17.8. The predicted molar refractivity (Wildman–Crippen MR) is 134 cm³/mol. The van der Waals surface area contributed by atoms with E-state index in [0.29, 0.717) is 28.1 Å². The van der Waals surface area contributed by atoms with Crippen molar-refractivity contribution in [1.82, 2.24) is 0 Å². The zero-order chi connectivity index (χ0) is 26.1. The Bertz CT molecular complexity index is 1750. The maximum Gasteiger partial charge on any atom is 0.297 e. The van der Waals surface area contributed by atoms with Crippen LogP contribution in [-0.2, 0) is 20.2 Å². The van der Waals surface area contributed by atoms with Crippen LogP contribution in [0.5, 0.6) is 0 Å². The molecule has 13 heteroatoms. The standard InChI is InChI=1S/C23H19N5O6S2/c1-14-12-16(24)4-11-21(14)27-25-17-5-7-18(8-6-17)26-28-22-10-3-15-2-9-19(35(29,30)31)13-20(15)23(22)36(32,33)34/h2-13H,24H2,1H3,(H,29,30,31)(H,32,33,34)/b27-25+,28-26+. The van der Waals surface area contributed by atoms with Gasteiger partial charge < -0.3 is 5.73 Å². The van der Waals surface area contributed by atoms with Crippen LogP contribution in [0.3, 0.4) is 0 Å². The highest BCUT2D eigenvalue weighted by atomic mass is 32.2. The van der Waals surface area contributed by atoms with Crippen LogP contribution in [0.25, 0.3) is 10.8 Å². The zero-order valence-corrected chi connectivity index (χ0v) is 20.3. The van der Waals surface area contributed by atoms with Crippen LogP contribution in [0.2, 0.25) is 0 Å². The van der Waals surface area contributed by atoms with Crippen molar-refractivity contribution in [1.29, 1.82) is 0 Å². The maximum atomic E-state index is 12.1. The molecule has 0 heterocycles. The van der Waals surface area contributed by atoms with E-state index in [1.165, 1.54) is 18.2 Å². The molecular weight excluding hydrogens is 506 g/mol. The van der Waals surface area contributed by atoms with Crippen molar-refractivity contribution < 1.29 is 25.9 Å². The third-order valence-corrected chi connectivity index (χ3v) is 6.89. The Hall–Kier alpha value is -4.04. The molecule has 0 aromatic heterocycles.